The van der Waals surface area contributed by atoms with Gasteiger partial charge in [0, 0.05) is 11.5 Å². The van der Waals surface area contributed by atoms with Crippen LogP contribution in [0.4, 0.5) is 5.13 Å². The maximum absolute atomic E-state index is 12.5. The number of aryl methyl sites for hydroxylation is 2. The van der Waals surface area contributed by atoms with Crippen LogP contribution in [0, 0.1) is 13.8 Å². The fourth-order valence-corrected chi connectivity index (χ4v) is 4.48. The van der Waals surface area contributed by atoms with Gasteiger partial charge in [-0.1, -0.05) is 17.4 Å². The van der Waals surface area contributed by atoms with Crippen LogP contribution in [-0.4, -0.2) is 25.7 Å². The number of nitrogens with zero attached hydrogens (tertiary/aromatic N) is 3. The second kappa shape index (κ2) is 5.18. The number of hydrogen-bond acceptors (Lipinski definition) is 5. The maximum atomic E-state index is 12.5. The second-order valence-electron chi connectivity index (χ2n) is 4.01. The minimum Gasteiger partial charge on any atom is -0.243 e. The van der Waals surface area contributed by atoms with Crippen molar-refractivity contribution in [3.63, 3.8) is 0 Å². The van der Waals surface area contributed by atoms with Crippen LogP contribution in [0.2, 0.25) is 0 Å². The van der Waals surface area contributed by atoms with E-state index in [1.165, 1.54) is 18.4 Å². The zero-order chi connectivity index (χ0) is 14.2. The van der Waals surface area contributed by atoms with E-state index in [1.54, 1.807) is 19.1 Å². The Labute approximate surface area is 124 Å². The number of aromatic nitrogens is 2. The molecule has 5 nitrogen and oxygen atoms in total. The molecule has 0 N–H and O–H groups in total. The third kappa shape index (κ3) is 2.80. The number of hydrogen-bond donors (Lipinski definition) is 0. The van der Waals surface area contributed by atoms with Gasteiger partial charge in [-0.3, -0.25) is 0 Å². The van der Waals surface area contributed by atoms with Crippen LogP contribution in [0.3, 0.4) is 0 Å². The lowest BCUT2D eigenvalue weighted by Crippen LogP contribution is -2.26. The molecule has 8 heteroatoms. The van der Waals surface area contributed by atoms with Gasteiger partial charge in [0.05, 0.1) is 0 Å². The Balaban J connectivity index is 2.50. The van der Waals surface area contributed by atoms with Crippen molar-refractivity contribution < 1.29 is 8.42 Å². The highest BCUT2D eigenvalue weighted by Crippen LogP contribution is 2.29. The van der Waals surface area contributed by atoms with Crippen LogP contribution in [0.25, 0.3) is 0 Å². The zero-order valence-corrected chi connectivity index (χ0v) is 13.8. The van der Waals surface area contributed by atoms with Crippen LogP contribution < -0.4 is 4.31 Å². The van der Waals surface area contributed by atoms with Crippen molar-refractivity contribution in [3.05, 3.63) is 33.2 Å². The number of halogens is 1. The molecular weight excluding hydrogens is 350 g/mol. The molecule has 0 aliphatic heterocycles. The van der Waals surface area contributed by atoms with Crippen molar-refractivity contribution in [2.45, 2.75) is 18.7 Å². The predicted molar refractivity (Wildman–Crippen MR) is 79.1 cm³/mol. The molecule has 0 aliphatic carbocycles. The van der Waals surface area contributed by atoms with Gasteiger partial charge in [-0.2, -0.15) is 0 Å². The largest absolute Gasteiger partial charge is 0.267 e. The van der Waals surface area contributed by atoms with Crippen molar-refractivity contribution in [3.8, 4) is 0 Å². The summed E-state index contributed by atoms with van der Waals surface area (Å²) < 4.78 is 26.8. The summed E-state index contributed by atoms with van der Waals surface area (Å²) in [5, 5.41) is 8.77. The summed E-state index contributed by atoms with van der Waals surface area (Å²) in [6.07, 6.45) is 0. The lowest BCUT2D eigenvalue weighted by atomic mass is 10.2. The molecule has 0 saturated heterocycles. The molecule has 1 aromatic heterocycles. The number of sulfonamides is 1. The lowest BCUT2D eigenvalue weighted by molar-refractivity contribution is 0.593. The van der Waals surface area contributed by atoms with Gasteiger partial charge in [-0.05, 0) is 47.5 Å². The van der Waals surface area contributed by atoms with Crippen LogP contribution in [0.15, 0.2) is 27.6 Å². The molecule has 0 fully saturated rings. The zero-order valence-electron chi connectivity index (χ0n) is 10.6. The van der Waals surface area contributed by atoms with Crippen LogP contribution in [0.1, 0.15) is 10.6 Å². The van der Waals surface area contributed by atoms with Gasteiger partial charge >= 0.3 is 0 Å². The van der Waals surface area contributed by atoms with Gasteiger partial charge in [0.15, 0.2) is 0 Å². The summed E-state index contributed by atoms with van der Waals surface area (Å²) in [5.74, 6) is 0. The first-order chi connectivity index (χ1) is 8.82. The van der Waals surface area contributed by atoms with E-state index in [4.69, 9.17) is 0 Å². The Morgan fingerprint density at radius 2 is 1.95 bits per heavy atom. The smallest absolute Gasteiger partial charge is 0.243 e. The highest BCUT2D eigenvalue weighted by atomic mass is 79.9. The van der Waals surface area contributed by atoms with Crippen LogP contribution in [0.5, 0.6) is 0 Å². The first-order valence-electron chi connectivity index (χ1n) is 5.37. The molecule has 0 spiro atoms. The lowest BCUT2D eigenvalue weighted by Gasteiger charge is -2.17. The van der Waals surface area contributed by atoms with Crippen molar-refractivity contribution in [2.24, 2.45) is 0 Å². The average molecular weight is 362 g/mol. The molecule has 1 aromatic carbocycles. The summed E-state index contributed by atoms with van der Waals surface area (Å²) in [6, 6.07) is 5.20. The van der Waals surface area contributed by atoms with Crippen molar-refractivity contribution in [1.29, 1.82) is 0 Å². The quantitative estimate of drug-likeness (QED) is 0.842. The molecule has 0 unspecified atom stereocenters. The Hall–Kier alpha value is -0.990. The molecule has 2 aromatic rings. The molecule has 0 amide bonds. The summed E-state index contributed by atoms with van der Waals surface area (Å²) in [5.41, 5.74) is 0.878. The summed E-state index contributed by atoms with van der Waals surface area (Å²) in [7, 11) is -2.16. The second-order valence-corrected chi connectivity index (χ2v) is 7.96. The summed E-state index contributed by atoms with van der Waals surface area (Å²) >= 11 is 4.51. The van der Waals surface area contributed by atoms with E-state index in [0.29, 0.717) is 9.60 Å². The molecule has 0 atom stereocenters. The molecule has 0 radical (unpaired) electrons. The average Bonchev–Trinajstić information content (AvgIpc) is 2.77. The van der Waals surface area contributed by atoms with E-state index in [0.717, 1.165) is 14.9 Å². The van der Waals surface area contributed by atoms with Crippen LogP contribution in [-0.2, 0) is 10.0 Å². The van der Waals surface area contributed by atoms with Gasteiger partial charge in [0.25, 0.3) is 10.0 Å². The SMILES string of the molecule is Cc1ccc(Br)c(S(=O)(=O)N(C)c2nnc(C)s2)c1. The highest BCUT2D eigenvalue weighted by Gasteiger charge is 2.26. The third-order valence-corrected chi connectivity index (χ3v) is 6.28. The van der Waals surface area contributed by atoms with E-state index < -0.39 is 10.0 Å². The van der Waals surface area contributed by atoms with E-state index in [2.05, 4.69) is 26.1 Å². The standard InChI is InChI=1S/C11H12BrN3O2S2/c1-7-4-5-9(12)10(6-7)19(16,17)15(3)11-14-13-8(2)18-11/h4-6H,1-3H3. The van der Waals surface area contributed by atoms with E-state index in [1.807, 2.05) is 13.0 Å². The van der Waals surface area contributed by atoms with Gasteiger partial charge in [-0.15, -0.1) is 10.2 Å². The fraction of sp³-hybridized carbons (Fsp3) is 0.273. The van der Waals surface area contributed by atoms with Gasteiger partial charge in [0.1, 0.15) is 9.90 Å². The predicted octanol–water partition coefficient (Wildman–Crippen LogP) is 2.74. The first kappa shape index (κ1) is 14.4. The molecule has 2 rings (SSSR count). The fourth-order valence-electron chi connectivity index (χ4n) is 1.47. The molecule has 0 saturated carbocycles. The Morgan fingerprint density at radius 3 is 2.53 bits per heavy atom. The summed E-state index contributed by atoms with van der Waals surface area (Å²) in [6.45, 7) is 3.63. The van der Waals surface area contributed by atoms with Gasteiger partial charge < -0.3 is 0 Å². The Kier molecular flexibility index (Phi) is 3.93. The number of rotatable bonds is 3. The third-order valence-electron chi connectivity index (χ3n) is 2.51. The normalized spacial score (nSPS) is 11.6. The molecular formula is C11H12BrN3O2S2. The van der Waals surface area contributed by atoms with Crippen molar-refractivity contribution >= 4 is 42.4 Å². The molecule has 102 valence electrons. The topological polar surface area (TPSA) is 63.2 Å². The van der Waals surface area contributed by atoms with Crippen molar-refractivity contribution in [1.82, 2.24) is 10.2 Å². The van der Waals surface area contributed by atoms with E-state index in [9.17, 15) is 8.42 Å². The molecule has 0 bridgehead atoms. The molecule has 0 aliphatic rings. The summed E-state index contributed by atoms with van der Waals surface area (Å²) in [4.78, 5) is 0.225. The van der Waals surface area contributed by atoms with E-state index in [-0.39, 0.29) is 4.90 Å². The molecule has 19 heavy (non-hydrogen) atoms. The highest BCUT2D eigenvalue weighted by molar-refractivity contribution is 9.10. The monoisotopic (exact) mass is 361 g/mol. The Bertz CT molecular complexity index is 712. The Morgan fingerprint density at radius 1 is 1.26 bits per heavy atom. The minimum atomic E-state index is -3.64. The molecule has 1 heterocycles. The maximum Gasteiger partial charge on any atom is 0.267 e. The number of anilines is 1. The number of benzene rings is 1. The van der Waals surface area contributed by atoms with Crippen LogP contribution >= 0.6 is 27.3 Å². The van der Waals surface area contributed by atoms with Gasteiger partial charge in [-0.25, -0.2) is 12.7 Å². The van der Waals surface area contributed by atoms with Gasteiger partial charge in [0.2, 0.25) is 5.13 Å². The first-order valence-corrected chi connectivity index (χ1v) is 8.42. The van der Waals surface area contributed by atoms with E-state index >= 15 is 0 Å². The minimum absolute atomic E-state index is 0.225. The van der Waals surface area contributed by atoms with Crippen molar-refractivity contribution in [2.75, 3.05) is 11.4 Å².